The normalized spacial score (nSPS) is 23.8. The summed E-state index contributed by atoms with van der Waals surface area (Å²) in [6, 6.07) is 6.38. The Kier molecular flexibility index (Phi) is 6.67. The van der Waals surface area contributed by atoms with Crippen LogP contribution in [0.2, 0.25) is 0 Å². The van der Waals surface area contributed by atoms with Crippen LogP contribution in [0.3, 0.4) is 0 Å². The highest BCUT2D eigenvalue weighted by molar-refractivity contribution is 7.89. The van der Waals surface area contributed by atoms with E-state index >= 15 is 0 Å². The van der Waals surface area contributed by atoms with Gasteiger partial charge < -0.3 is 9.80 Å². The molecule has 2 saturated heterocycles. The molecule has 0 aromatic heterocycles. The summed E-state index contributed by atoms with van der Waals surface area (Å²) >= 11 is 0. The van der Waals surface area contributed by atoms with Gasteiger partial charge in [0.1, 0.15) is 0 Å². The van der Waals surface area contributed by atoms with Gasteiger partial charge >= 0.3 is 0 Å². The zero-order chi connectivity index (χ0) is 22.0. The lowest BCUT2D eigenvalue weighted by molar-refractivity contribution is -0.136. The molecule has 0 bridgehead atoms. The molecule has 8 heteroatoms. The average Bonchev–Trinajstić information content (AvgIpc) is 3.33. The van der Waals surface area contributed by atoms with E-state index in [0.717, 1.165) is 44.9 Å². The predicted molar refractivity (Wildman–Crippen MR) is 118 cm³/mol. The second-order valence-electron chi connectivity index (χ2n) is 9.09. The molecule has 3 aliphatic rings. The van der Waals surface area contributed by atoms with E-state index in [0.29, 0.717) is 38.3 Å². The van der Waals surface area contributed by atoms with E-state index in [1.54, 1.807) is 27.4 Å². The summed E-state index contributed by atoms with van der Waals surface area (Å²) in [4.78, 5) is 29.5. The van der Waals surface area contributed by atoms with Gasteiger partial charge in [-0.2, -0.15) is 4.31 Å². The summed E-state index contributed by atoms with van der Waals surface area (Å²) < 4.78 is 27.9. The Morgan fingerprint density at radius 3 is 2.19 bits per heavy atom. The lowest BCUT2D eigenvalue weighted by Crippen LogP contribution is -2.51. The predicted octanol–water partition coefficient (Wildman–Crippen LogP) is 2.72. The van der Waals surface area contributed by atoms with Gasteiger partial charge in [-0.1, -0.05) is 25.3 Å². The van der Waals surface area contributed by atoms with Crippen LogP contribution < -0.4 is 0 Å². The molecule has 31 heavy (non-hydrogen) atoms. The first-order chi connectivity index (χ1) is 14.9. The van der Waals surface area contributed by atoms with E-state index in [9.17, 15) is 18.0 Å². The molecule has 1 aliphatic carbocycles. The first-order valence-electron chi connectivity index (χ1n) is 11.6. The molecule has 2 amide bonds. The second-order valence-corrected chi connectivity index (χ2v) is 11.0. The van der Waals surface area contributed by atoms with Gasteiger partial charge in [-0.25, -0.2) is 8.42 Å². The van der Waals surface area contributed by atoms with Gasteiger partial charge in [0.15, 0.2) is 0 Å². The number of carbonyl (C=O) groups is 2. The first kappa shape index (κ1) is 22.3. The molecule has 1 unspecified atom stereocenters. The van der Waals surface area contributed by atoms with E-state index in [-0.39, 0.29) is 28.7 Å². The molecule has 7 nitrogen and oxygen atoms in total. The first-order valence-corrected chi connectivity index (χ1v) is 13.0. The Hall–Kier alpha value is -1.93. The number of rotatable bonds is 4. The van der Waals surface area contributed by atoms with Crippen LogP contribution in [0.15, 0.2) is 29.2 Å². The molecular formula is C23H33N3O4S. The number of amides is 2. The maximum atomic E-state index is 13.1. The molecule has 0 radical (unpaired) electrons. The lowest BCUT2D eigenvalue weighted by atomic mass is 10.1. The summed E-state index contributed by atoms with van der Waals surface area (Å²) in [7, 11) is -3.62. The molecule has 1 aromatic carbocycles. The van der Waals surface area contributed by atoms with Gasteiger partial charge in [-0.15, -0.1) is 0 Å². The highest BCUT2D eigenvalue weighted by Crippen LogP contribution is 2.28. The molecule has 170 valence electrons. The van der Waals surface area contributed by atoms with Crippen molar-refractivity contribution in [2.24, 2.45) is 5.92 Å². The van der Waals surface area contributed by atoms with Gasteiger partial charge in [0, 0.05) is 50.2 Å². The molecule has 2 heterocycles. The molecule has 3 fully saturated rings. The number of sulfonamides is 1. The molecule has 4 rings (SSSR count). The number of piperazine rings is 1. The number of hydrogen-bond donors (Lipinski definition) is 0. The van der Waals surface area contributed by atoms with Crippen molar-refractivity contribution in [3.8, 4) is 0 Å². The van der Waals surface area contributed by atoms with Crippen LogP contribution in [0, 0.1) is 5.92 Å². The smallest absolute Gasteiger partial charge is 0.254 e. The number of carbonyl (C=O) groups excluding carboxylic acids is 2. The van der Waals surface area contributed by atoms with Crippen LogP contribution in [0.4, 0.5) is 0 Å². The molecule has 1 saturated carbocycles. The van der Waals surface area contributed by atoms with Crippen LogP contribution in [-0.2, 0) is 14.8 Å². The largest absolute Gasteiger partial charge is 0.339 e. The van der Waals surface area contributed by atoms with Crippen molar-refractivity contribution in [2.75, 3.05) is 32.7 Å². The standard InChI is InChI=1S/C23H33N3O4S/c1-18-7-4-5-12-26(18)31(29,30)21-11-6-10-20(17-21)23(28)25-15-13-24(14-16-25)22(27)19-8-2-3-9-19/h6,10-11,17-19H,2-5,7-9,12-16H2,1H3. The maximum absolute atomic E-state index is 13.1. The number of nitrogens with zero attached hydrogens (tertiary/aromatic N) is 3. The van der Waals surface area contributed by atoms with Gasteiger partial charge in [-0.3, -0.25) is 9.59 Å². The minimum atomic E-state index is -3.62. The quantitative estimate of drug-likeness (QED) is 0.711. The molecule has 2 aliphatic heterocycles. The van der Waals surface area contributed by atoms with Crippen molar-refractivity contribution in [3.05, 3.63) is 29.8 Å². The van der Waals surface area contributed by atoms with E-state index in [1.165, 1.54) is 6.07 Å². The van der Waals surface area contributed by atoms with E-state index in [4.69, 9.17) is 0 Å². The Morgan fingerprint density at radius 1 is 0.871 bits per heavy atom. The van der Waals surface area contributed by atoms with Gasteiger partial charge in [0.25, 0.3) is 5.91 Å². The van der Waals surface area contributed by atoms with Crippen molar-refractivity contribution in [3.63, 3.8) is 0 Å². The molecule has 1 aromatic rings. The highest BCUT2D eigenvalue weighted by Gasteiger charge is 2.33. The molecule has 0 spiro atoms. The van der Waals surface area contributed by atoms with Crippen molar-refractivity contribution in [1.82, 2.24) is 14.1 Å². The van der Waals surface area contributed by atoms with E-state index in [2.05, 4.69) is 0 Å². The Bertz CT molecular complexity index is 919. The third-order valence-corrected chi connectivity index (χ3v) is 9.02. The van der Waals surface area contributed by atoms with Crippen LogP contribution >= 0.6 is 0 Å². The number of piperidine rings is 1. The Morgan fingerprint density at radius 2 is 1.52 bits per heavy atom. The summed E-state index contributed by atoms with van der Waals surface area (Å²) in [5.41, 5.74) is 0.390. The SMILES string of the molecule is CC1CCCCN1S(=O)(=O)c1cccc(C(=O)N2CCN(C(=O)C3CCCC3)CC2)c1. The summed E-state index contributed by atoms with van der Waals surface area (Å²) in [5, 5.41) is 0. The van der Waals surface area contributed by atoms with Crippen LogP contribution in [-0.4, -0.2) is 73.1 Å². The summed E-state index contributed by atoms with van der Waals surface area (Å²) in [6.07, 6.45) is 6.99. The topological polar surface area (TPSA) is 78.0 Å². The lowest BCUT2D eigenvalue weighted by Gasteiger charge is -2.36. The van der Waals surface area contributed by atoms with Crippen molar-refractivity contribution < 1.29 is 18.0 Å². The van der Waals surface area contributed by atoms with Gasteiger partial charge in [0.2, 0.25) is 15.9 Å². The molecule has 0 N–H and O–H groups in total. The van der Waals surface area contributed by atoms with Crippen molar-refractivity contribution >= 4 is 21.8 Å². The molecule has 1 atom stereocenters. The number of hydrogen-bond acceptors (Lipinski definition) is 4. The maximum Gasteiger partial charge on any atom is 0.254 e. The fourth-order valence-electron chi connectivity index (χ4n) is 5.10. The van der Waals surface area contributed by atoms with Crippen LogP contribution in [0.25, 0.3) is 0 Å². The molecular weight excluding hydrogens is 414 g/mol. The van der Waals surface area contributed by atoms with E-state index < -0.39 is 10.0 Å². The number of benzene rings is 1. The van der Waals surface area contributed by atoms with Gasteiger partial charge in [0.05, 0.1) is 4.90 Å². The van der Waals surface area contributed by atoms with Crippen molar-refractivity contribution in [2.45, 2.75) is 62.8 Å². The van der Waals surface area contributed by atoms with Gasteiger partial charge in [-0.05, 0) is 50.8 Å². The summed E-state index contributed by atoms with van der Waals surface area (Å²) in [6.45, 7) is 4.53. The van der Waals surface area contributed by atoms with E-state index in [1.807, 2.05) is 11.8 Å². The highest BCUT2D eigenvalue weighted by atomic mass is 32.2. The average molecular weight is 448 g/mol. The Labute approximate surface area is 185 Å². The zero-order valence-corrected chi connectivity index (χ0v) is 19.1. The van der Waals surface area contributed by atoms with Crippen LogP contribution in [0.5, 0.6) is 0 Å². The fraction of sp³-hybridized carbons (Fsp3) is 0.652. The van der Waals surface area contributed by atoms with Crippen molar-refractivity contribution in [1.29, 1.82) is 0 Å². The zero-order valence-electron chi connectivity index (χ0n) is 18.3. The third kappa shape index (κ3) is 4.65. The monoisotopic (exact) mass is 447 g/mol. The Balaban J connectivity index is 1.42. The second kappa shape index (κ2) is 9.28. The van der Waals surface area contributed by atoms with Crippen LogP contribution in [0.1, 0.15) is 62.2 Å². The third-order valence-electron chi connectivity index (χ3n) is 7.01. The minimum absolute atomic E-state index is 0.0245. The summed E-state index contributed by atoms with van der Waals surface area (Å²) in [5.74, 6) is 0.214. The fourth-order valence-corrected chi connectivity index (χ4v) is 6.84. The minimum Gasteiger partial charge on any atom is -0.339 e.